The van der Waals surface area contributed by atoms with Crippen LogP contribution in [0, 0.1) is 16.7 Å². The lowest BCUT2D eigenvalue weighted by atomic mass is 9.89. The zero-order valence-electron chi connectivity index (χ0n) is 11.3. The summed E-state index contributed by atoms with van der Waals surface area (Å²) in [7, 11) is -3.81. The Kier molecular flexibility index (Phi) is 3.97. The maximum Gasteiger partial charge on any atom is 0.244 e. The van der Waals surface area contributed by atoms with E-state index in [9.17, 15) is 13.2 Å². The van der Waals surface area contributed by atoms with Crippen molar-refractivity contribution in [2.45, 2.75) is 18.2 Å². The van der Waals surface area contributed by atoms with Crippen LogP contribution in [0.25, 0.3) is 0 Å². The maximum absolute atomic E-state index is 12.6. The molecular weight excluding hydrogens is 314 g/mol. The monoisotopic (exact) mass is 327 g/mol. The highest BCUT2D eigenvalue weighted by Crippen LogP contribution is 2.35. The Morgan fingerprint density at radius 2 is 2.19 bits per heavy atom. The summed E-state index contributed by atoms with van der Waals surface area (Å²) in [4.78, 5) is 11.3. The molecule has 1 unspecified atom stereocenters. The second-order valence-corrected chi connectivity index (χ2v) is 7.58. The number of benzene rings is 1. The van der Waals surface area contributed by atoms with Gasteiger partial charge in [-0.25, -0.2) is 8.42 Å². The van der Waals surface area contributed by atoms with E-state index in [0.717, 1.165) is 0 Å². The third kappa shape index (κ3) is 2.75. The highest BCUT2D eigenvalue weighted by atomic mass is 35.5. The van der Waals surface area contributed by atoms with Gasteiger partial charge in [0.15, 0.2) is 0 Å². The lowest BCUT2D eigenvalue weighted by Crippen LogP contribution is -2.38. The van der Waals surface area contributed by atoms with Crippen LogP contribution in [0.4, 0.5) is 0 Å². The van der Waals surface area contributed by atoms with Crippen molar-refractivity contribution < 1.29 is 13.2 Å². The Balaban J connectivity index is 2.37. The van der Waals surface area contributed by atoms with Gasteiger partial charge in [0.05, 0.1) is 22.1 Å². The molecule has 1 aromatic rings. The molecule has 0 aromatic heterocycles. The van der Waals surface area contributed by atoms with Crippen LogP contribution in [-0.2, 0) is 14.8 Å². The van der Waals surface area contributed by atoms with Crippen LogP contribution >= 0.6 is 11.6 Å². The van der Waals surface area contributed by atoms with Gasteiger partial charge in [-0.1, -0.05) is 11.6 Å². The second-order valence-electron chi connectivity index (χ2n) is 5.27. The molecule has 0 bridgehead atoms. The third-order valence-corrected chi connectivity index (χ3v) is 6.04. The predicted molar refractivity (Wildman–Crippen MR) is 76.8 cm³/mol. The number of rotatable bonds is 3. The minimum atomic E-state index is -3.81. The SMILES string of the molecule is CC1(C(N)=O)CCN(S(=O)(=O)c2ccc(C#N)cc2Cl)C1. The van der Waals surface area contributed by atoms with Gasteiger partial charge >= 0.3 is 0 Å². The van der Waals surface area contributed by atoms with Crippen molar-refractivity contribution in [1.29, 1.82) is 5.26 Å². The van der Waals surface area contributed by atoms with Gasteiger partial charge in [-0.2, -0.15) is 9.57 Å². The first kappa shape index (κ1) is 15.8. The van der Waals surface area contributed by atoms with Crippen molar-refractivity contribution >= 4 is 27.5 Å². The number of halogens is 1. The molecule has 6 nitrogen and oxygen atoms in total. The topological polar surface area (TPSA) is 104 Å². The van der Waals surface area contributed by atoms with E-state index in [4.69, 9.17) is 22.6 Å². The maximum atomic E-state index is 12.6. The van der Waals surface area contributed by atoms with Crippen LogP contribution < -0.4 is 5.73 Å². The molecule has 1 fully saturated rings. The molecule has 1 aromatic carbocycles. The summed E-state index contributed by atoms with van der Waals surface area (Å²) in [6.45, 7) is 1.88. The normalized spacial score (nSPS) is 22.9. The van der Waals surface area contributed by atoms with E-state index in [1.54, 1.807) is 6.92 Å². The zero-order chi connectivity index (χ0) is 15.8. The summed E-state index contributed by atoms with van der Waals surface area (Å²) in [5, 5.41) is 8.76. The number of carbonyl (C=O) groups excluding carboxylic acids is 1. The van der Waals surface area contributed by atoms with Gasteiger partial charge in [-0.3, -0.25) is 4.79 Å². The number of nitriles is 1. The number of nitrogens with zero attached hydrogens (tertiary/aromatic N) is 2. The first-order valence-corrected chi connectivity index (χ1v) is 8.02. The van der Waals surface area contributed by atoms with E-state index in [2.05, 4.69) is 0 Å². The van der Waals surface area contributed by atoms with Gasteiger partial charge in [0.25, 0.3) is 0 Å². The zero-order valence-corrected chi connectivity index (χ0v) is 12.9. The molecule has 8 heteroatoms. The van der Waals surface area contributed by atoms with Crippen LogP contribution in [0.15, 0.2) is 23.1 Å². The van der Waals surface area contributed by atoms with Crippen LogP contribution in [0.1, 0.15) is 18.9 Å². The molecule has 0 radical (unpaired) electrons. The summed E-state index contributed by atoms with van der Waals surface area (Å²) in [5.74, 6) is -0.522. The van der Waals surface area contributed by atoms with Crippen LogP contribution in [0.2, 0.25) is 5.02 Å². The summed E-state index contributed by atoms with van der Waals surface area (Å²) in [5.41, 5.74) is 4.73. The van der Waals surface area contributed by atoms with Crippen LogP contribution in [0.3, 0.4) is 0 Å². The molecule has 1 aliphatic rings. The first-order valence-electron chi connectivity index (χ1n) is 6.20. The summed E-state index contributed by atoms with van der Waals surface area (Å²) >= 11 is 5.96. The fraction of sp³-hybridized carbons (Fsp3) is 0.385. The van der Waals surface area contributed by atoms with E-state index in [1.165, 1.54) is 22.5 Å². The van der Waals surface area contributed by atoms with Gasteiger partial charge in [0.1, 0.15) is 4.90 Å². The van der Waals surface area contributed by atoms with Crippen molar-refractivity contribution in [1.82, 2.24) is 4.31 Å². The Bertz CT molecular complexity index is 742. The van der Waals surface area contributed by atoms with Crippen molar-refractivity contribution in [2.24, 2.45) is 11.1 Å². The molecule has 0 saturated carbocycles. The van der Waals surface area contributed by atoms with Gasteiger partial charge in [0.2, 0.25) is 15.9 Å². The molecule has 0 aliphatic carbocycles. The quantitative estimate of drug-likeness (QED) is 0.897. The van der Waals surface area contributed by atoms with Gasteiger partial charge < -0.3 is 5.73 Å². The summed E-state index contributed by atoms with van der Waals surface area (Å²) in [6.07, 6.45) is 0.370. The molecule has 21 heavy (non-hydrogen) atoms. The molecule has 1 aliphatic heterocycles. The number of nitrogens with two attached hydrogens (primary N) is 1. The number of primary amides is 1. The van der Waals surface area contributed by atoms with Gasteiger partial charge in [0, 0.05) is 13.1 Å². The Morgan fingerprint density at radius 1 is 1.52 bits per heavy atom. The standard InChI is InChI=1S/C13H14ClN3O3S/c1-13(12(16)18)4-5-17(8-13)21(19,20)11-3-2-9(7-15)6-10(11)14/h2-3,6H,4-5,8H2,1H3,(H2,16,18). The molecule has 112 valence electrons. The number of carbonyl (C=O) groups is 1. The molecule has 1 amide bonds. The van der Waals surface area contributed by atoms with Crippen LogP contribution in [-0.4, -0.2) is 31.7 Å². The van der Waals surface area contributed by atoms with Crippen LogP contribution in [0.5, 0.6) is 0 Å². The molecule has 1 heterocycles. The van der Waals surface area contributed by atoms with Crippen molar-refractivity contribution in [3.8, 4) is 6.07 Å². The fourth-order valence-corrected chi connectivity index (χ4v) is 4.33. The molecular formula is C13H14ClN3O3S. The van der Waals surface area contributed by atoms with E-state index in [0.29, 0.717) is 6.42 Å². The molecule has 1 saturated heterocycles. The average molecular weight is 328 g/mol. The molecule has 2 N–H and O–H groups in total. The first-order chi connectivity index (χ1) is 9.70. The van der Waals surface area contributed by atoms with Crippen molar-refractivity contribution in [3.63, 3.8) is 0 Å². The van der Waals surface area contributed by atoms with E-state index < -0.39 is 21.3 Å². The number of amides is 1. The summed E-state index contributed by atoms with van der Waals surface area (Å²) < 4.78 is 26.3. The largest absolute Gasteiger partial charge is 0.369 e. The molecule has 0 spiro atoms. The minimum Gasteiger partial charge on any atom is -0.369 e. The number of sulfonamides is 1. The van der Waals surface area contributed by atoms with E-state index in [-0.39, 0.29) is 28.6 Å². The smallest absolute Gasteiger partial charge is 0.244 e. The van der Waals surface area contributed by atoms with Crippen molar-refractivity contribution in [3.05, 3.63) is 28.8 Å². The van der Waals surface area contributed by atoms with Gasteiger partial charge in [-0.05, 0) is 31.5 Å². The number of hydrogen-bond donors (Lipinski definition) is 1. The third-order valence-electron chi connectivity index (χ3n) is 3.71. The van der Waals surface area contributed by atoms with E-state index in [1.807, 2.05) is 6.07 Å². The van der Waals surface area contributed by atoms with Gasteiger partial charge in [-0.15, -0.1) is 0 Å². The Morgan fingerprint density at radius 3 is 2.67 bits per heavy atom. The highest BCUT2D eigenvalue weighted by molar-refractivity contribution is 7.89. The minimum absolute atomic E-state index is 0.0123. The average Bonchev–Trinajstić information content (AvgIpc) is 2.83. The highest BCUT2D eigenvalue weighted by Gasteiger charge is 2.44. The lowest BCUT2D eigenvalue weighted by molar-refractivity contribution is -0.126. The Labute approximate surface area is 128 Å². The molecule has 1 atom stereocenters. The Hall–Kier alpha value is -1.62. The summed E-state index contributed by atoms with van der Waals surface area (Å²) in [6, 6.07) is 5.89. The van der Waals surface area contributed by atoms with E-state index >= 15 is 0 Å². The lowest BCUT2D eigenvalue weighted by Gasteiger charge is -2.21. The number of hydrogen-bond acceptors (Lipinski definition) is 4. The van der Waals surface area contributed by atoms with Crippen molar-refractivity contribution in [2.75, 3.05) is 13.1 Å². The predicted octanol–water partition coefficient (Wildman–Crippen LogP) is 1.10. The second kappa shape index (κ2) is 5.30. The molecule has 2 rings (SSSR count). The fourth-order valence-electron chi connectivity index (χ4n) is 2.24.